The van der Waals surface area contributed by atoms with E-state index in [0.29, 0.717) is 5.88 Å². The van der Waals surface area contributed by atoms with Crippen LogP contribution in [0, 0.1) is 6.92 Å². The Kier molecular flexibility index (Phi) is 3.71. The number of aryl methyl sites for hydroxylation is 4. The quantitative estimate of drug-likeness (QED) is 0.679. The van der Waals surface area contributed by atoms with E-state index in [1.165, 1.54) is 0 Å². The molecule has 6 nitrogen and oxygen atoms in total. The van der Waals surface area contributed by atoms with Crippen LogP contribution in [0.2, 0.25) is 0 Å². The van der Waals surface area contributed by atoms with E-state index in [2.05, 4.69) is 21.7 Å². The minimum Gasteiger partial charge on any atom is -0.308 e. The minimum absolute atomic E-state index is 0.561. The van der Waals surface area contributed by atoms with Crippen LogP contribution in [0.3, 0.4) is 0 Å². The molecule has 7 heteroatoms. The summed E-state index contributed by atoms with van der Waals surface area (Å²) in [6.45, 7) is 5.65. The molecule has 112 valence electrons. The van der Waals surface area contributed by atoms with Gasteiger partial charge < -0.3 is 4.57 Å². The third-order valence-electron chi connectivity index (χ3n) is 3.59. The van der Waals surface area contributed by atoms with Gasteiger partial charge in [0.15, 0.2) is 5.65 Å². The van der Waals surface area contributed by atoms with Crippen LogP contribution in [0.4, 0.5) is 0 Å². The molecule has 0 aliphatic carbocycles. The topological polar surface area (TPSA) is 53.5 Å². The minimum atomic E-state index is 0.561. The van der Waals surface area contributed by atoms with Gasteiger partial charge in [-0.15, -0.1) is 11.6 Å². The van der Waals surface area contributed by atoms with Crippen molar-refractivity contribution < 1.29 is 0 Å². The molecule has 0 radical (unpaired) electrons. The van der Waals surface area contributed by atoms with Crippen LogP contribution in [0.25, 0.3) is 11.2 Å². The summed E-state index contributed by atoms with van der Waals surface area (Å²) in [7, 11) is 1.92. The number of imidazole rings is 1. The van der Waals surface area contributed by atoms with Crippen LogP contribution in [-0.4, -0.2) is 35.0 Å². The Morgan fingerprint density at radius 3 is 2.76 bits per heavy atom. The lowest BCUT2D eigenvalue weighted by molar-refractivity contribution is 0.635. The second-order valence-corrected chi connectivity index (χ2v) is 5.53. The SMILES string of the molecule is CCn1nc(C)c2nc(CCCl)n(Cc3cnn(C)c3)c21. The van der Waals surface area contributed by atoms with Crippen molar-refractivity contribution in [2.45, 2.75) is 33.4 Å². The van der Waals surface area contributed by atoms with Crippen LogP contribution in [0.5, 0.6) is 0 Å². The van der Waals surface area contributed by atoms with E-state index in [-0.39, 0.29) is 0 Å². The maximum atomic E-state index is 5.93. The van der Waals surface area contributed by atoms with E-state index >= 15 is 0 Å². The fraction of sp³-hybridized carbons (Fsp3) is 0.500. The molecule has 3 aromatic heterocycles. The van der Waals surface area contributed by atoms with Crippen LogP contribution in [0.15, 0.2) is 12.4 Å². The van der Waals surface area contributed by atoms with Gasteiger partial charge in [-0.25, -0.2) is 9.67 Å². The van der Waals surface area contributed by atoms with Gasteiger partial charge in [0.1, 0.15) is 11.3 Å². The second kappa shape index (κ2) is 5.52. The molecule has 0 N–H and O–H groups in total. The lowest BCUT2D eigenvalue weighted by Crippen LogP contribution is -2.10. The van der Waals surface area contributed by atoms with Crippen molar-refractivity contribution in [3.05, 3.63) is 29.5 Å². The summed E-state index contributed by atoms with van der Waals surface area (Å²) >= 11 is 5.93. The highest BCUT2D eigenvalue weighted by atomic mass is 35.5. The third kappa shape index (κ3) is 2.44. The summed E-state index contributed by atoms with van der Waals surface area (Å²) in [5, 5.41) is 8.79. The van der Waals surface area contributed by atoms with Crippen LogP contribution in [0.1, 0.15) is 24.0 Å². The average Bonchev–Trinajstić information content (AvgIpc) is 3.10. The largest absolute Gasteiger partial charge is 0.308 e. The number of hydrogen-bond donors (Lipinski definition) is 0. The molecule has 0 aromatic carbocycles. The Bertz CT molecular complexity index is 766. The van der Waals surface area contributed by atoms with Crippen LogP contribution < -0.4 is 0 Å². The van der Waals surface area contributed by atoms with Gasteiger partial charge in [-0.1, -0.05) is 0 Å². The molecule has 21 heavy (non-hydrogen) atoms. The van der Waals surface area contributed by atoms with Crippen molar-refractivity contribution in [2.75, 3.05) is 5.88 Å². The highest BCUT2D eigenvalue weighted by molar-refractivity contribution is 6.17. The lowest BCUT2D eigenvalue weighted by atomic mass is 10.3. The summed E-state index contributed by atoms with van der Waals surface area (Å²) < 4.78 is 6.02. The van der Waals surface area contributed by atoms with E-state index in [4.69, 9.17) is 16.6 Å². The van der Waals surface area contributed by atoms with Gasteiger partial charge >= 0.3 is 0 Å². The molecule has 0 saturated heterocycles. The summed E-state index contributed by atoms with van der Waals surface area (Å²) in [5.41, 5.74) is 4.15. The van der Waals surface area contributed by atoms with Crippen molar-refractivity contribution in [2.24, 2.45) is 7.05 Å². The second-order valence-electron chi connectivity index (χ2n) is 5.15. The van der Waals surface area contributed by atoms with Crippen molar-refractivity contribution >= 4 is 22.8 Å². The molecule has 0 atom stereocenters. The summed E-state index contributed by atoms with van der Waals surface area (Å²) in [5.74, 6) is 1.57. The molecular formula is C14H19ClN6. The van der Waals surface area contributed by atoms with Gasteiger partial charge in [-0.3, -0.25) is 4.68 Å². The van der Waals surface area contributed by atoms with Crippen molar-refractivity contribution in [3.63, 3.8) is 0 Å². The first-order valence-corrected chi connectivity index (χ1v) is 7.63. The van der Waals surface area contributed by atoms with Gasteiger partial charge in [-0.2, -0.15) is 10.2 Å². The van der Waals surface area contributed by atoms with Crippen LogP contribution >= 0.6 is 11.6 Å². The van der Waals surface area contributed by atoms with E-state index in [1.54, 1.807) is 0 Å². The monoisotopic (exact) mass is 306 g/mol. The molecule has 0 bridgehead atoms. The van der Waals surface area contributed by atoms with E-state index < -0.39 is 0 Å². The molecule has 3 rings (SSSR count). The van der Waals surface area contributed by atoms with Crippen molar-refractivity contribution in [1.82, 2.24) is 29.1 Å². The Morgan fingerprint density at radius 1 is 1.33 bits per heavy atom. The van der Waals surface area contributed by atoms with E-state index in [9.17, 15) is 0 Å². The van der Waals surface area contributed by atoms with Gasteiger partial charge in [0.05, 0.1) is 18.4 Å². The van der Waals surface area contributed by atoms with Gasteiger partial charge in [-0.05, 0) is 13.8 Å². The Labute approximate surface area is 128 Å². The fourth-order valence-electron chi connectivity index (χ4n) is 2.67. The summed E-state index contributed by atoms with van der Waals surface area (Å²) in [6, 6.07) is 0. The standard InChI is InChI=1S/C14H19ClN6/c1-4-21-14-13(10(2)18-21)17-12(5-6-15)20(14)9-11-7-16-19(3)8-11/h7-8H,4-6,9H2,1-3H3. The third-order valence-corrected chi connectivity index (χ3v) is 3.78. The summed E-state index contributed by atoms with van der Waals surface area (Å²) in [6.07, 6.45) is 4.66. The fourth-order valence-corrected chi connectivity index (χ4v) is 2.84. The number of hydrogen-bond acceptors (Lipinski definition) is 3. The maximum Gasteiger partial charge on any atom is 0.159 e. The van der Waals surface area contributed by atoms with Gasteiger partial charge in [0.25, 0.3) is 0 Å². The molecule has 0 spiro atoms. The first kappa shape index (κ1) is 14.1. The number of rotatable bonds is 5. The Morgan fingerprint density at radius 2 is 2.14 bits per heavy atom. The van der Waals surface area contributed by atoms with Crippen molar-refractivity contribution in [3.8, 4) is 0 Å². The lowest BCUT2D eigenvalue weighted by Gasteiger charge is -2.08. The molecule has 3 aromatic rings. The molecule has 0 unspecified atom stereocenters. The van der Waals surface area contributed by atoms with E-state index in [0.717, 1.165) is 47.8 Å². The molecule has 0 saturated carbocycles. The molecule has 0 aliphatic rings. The molecule has 0 aliphatic heterocycles. The molecule has 0 amide bonds. The van der Waals surface area contributed by atoms with Gasteiger partial charge in [0, 0.05) is 37.7 Å². The number of nitrogens with zero attached hydrogens (tertiary/aromatic N) is 6. The normalized spacial score (nSPS) is 11.6. The summed E-state index contributed by atoms with van der Waals surface area (Å²) in [4.78, 5) is 4.74. The first-order chi connectivity index (χ1) is 10.1. The van der Waals surface area contributed by atoms with E-state index in [1.807, 2.05) is 35.7 Å². The Balaban J connectivity index is 2.14. The predicted octanol–water partition coefficient (Wildman–Crippen LogP) is 2.12. The zero-order valence-electron chi connectivity index (χ0n) is 12.5. The average molecular weight is 307 g/mol. The maximum absolute atomic E-state index is 5.93. The van der Waals surface area contributed by atoms with Gasteiger partial charge in [0.2, 0.25) is 0 Å². The molecular weight excluding hydrogens is 288 g/mol. The smallest absolute Gasteiger partial charge is 0.159 e. The Hall–Kier alpha value is -1.82. The number of aromatic nitrogens is 6. The number of halogens is 1. The zero-order chi connectivity index (χ0) is 15.0. The molecule has 0 fully saturated rings. The van der Waals surface area contributed by atoms with Crippen LogP contribution in [-0.2, 0) is 26.6 Å². The highest BCUT2D eigenvalue weighted by Gasteiger charge is 2.18. The zero-order valence-corrected chi connectivity index (χ0v) is 13.3. The molecule has 3 heterocycles. The van der Waals surface area contributed by atoms with Crippen molar-refractivity contribution in [1.29, 1.82) is 0 Å². The number of alkyl halides is 1. The predicted molar refractivity (Wildman–Crippen MR) is 82.7 cm³/mol. The number of fused-ring (bicyclic) bond motifs is 1. The first-order valence-electron chi connectivity index (χ1n) is 7.10. The highest BCUT2D eigenvalue weighted by Crippen LogP contribution is 2.21.